The zero-order valence-electron chi connectivity index (χ0n) is 24.1. The smallest absolute Gasteiger partial charge is 0.319 e. The first-order chi connectivity index (χ1) is 20.0. The third-order valence-electron chi connectivity index (χ3n) is 9.23. The minimum Gasteiger partial charge on any atom is -0.661 e. The van der Waals surface area contributed by atoms with Gasteiger partial charge in [0.1, 0.15) is 17.2 Å². The van der Waals surface area contributed by atoms with Crippen molar-refractivity contribution in [3.63, 3.8) is 0 Å². The zero-order valence-corrected chi connectivity index (χ0v) is 25.7. The molecule has 3 fully saturated rings. The Morgan fingerprint density at radius 3 is 2.51 bits per heavy atom. The van der Waals surface area contributed by atoms with E-state index in [-0.39, 0.29) is 23.8 Å². The maximum atomic E-state index is 14.8. The predicted octanol–water partition coefficient (Wildman–Crippen LogP) is 8.93. The second-order valence-electron chi connectivity index (χ2n) is 11.9. The maximum Gasteiger partial charge on any atom is 0.319 e. The zero-order chi connectivity index (χ0) is 28.8. The number of aliphatic carboxylic acids is 1. The number of carbonyl (C=O) groups is 1. The minimum atomic E-state index is -1.42. The van der Waals surface area contributed by atoms with Gasteiger partial charge >= 0.3 is 5.97 Å². The molecule has 2 saturated carbocycles. The molecule has 3 unspecified atom stereocenters. The molecule has 1 aromatic rings. The van der Waals surface area contributed by atoms with Crippen molar-refractivity contribution in [1.29, 1.82) is 0 Å². The summed E-state index contributed by atoms with van der Waals surface area (Å²) in [5.41, 5.74) is 2.86. The lowest BCUT2D eigenvalue weighted by Gasteiger charge is -2.43. The quantitative estimate of drug-likeness (QED) is 0.244. The minimum absolute atomic E-state index is 0.0803. The Labute approximate surface area is 252 Å². The van der Waals surface area contributed by atoms with Crippen molar-refractivity contribution in [3.05, 3.63) is 46.9 Å². The van der Waals surface area contributed by atoms with Crippen LogP contribution in [0, 0.1) is 5.92 Å². The van der Waals surface area contributed by atoms with Crippen molar-refractivity contribution in [2.45, 2.75) is 117 Å². The van der Waals surface area contributed by atoms with Gasteiger partial charge in [-0.1, -0.05) is 56.6 Å². The monoisotopic (exact) mass is 603 g/mol. The highest BCUT2D eigenvalue weighted by molar-refractivity contribution is 8.01. The molecular formula is C32H44FN2O4S2-. The van der Waals surface area contributed by atoms with Crippen LogP contribution >= 0.6 is 23.8 Å². The lowest BCUT2D eigenvalue weighted by molar-refractivity contribution is -0.137. The van der Waals surface area contributed by atoms with Crippen molar-refractivity contribution >= 4 is 35.5 Å². The molecule has 4 aliphatic rings. The van der Waals surface area contributed by atoms with Crippen molar-refractivity contribution < 1.29 is 23.6 Å². The summed E-state index contributed by atoms with van der Waals surface area (Å²) in [7, 11) is 1.93. The van der Waals surface area contributed by atoms with E-state index in [1.807, 2.05) is 19.2 Å². The number of nitrogens with zero attached hydrogens (tertiary/aromatic N) is 2. The van der Waals surface area contributed by atoms with Crippen LogP contribution in [0.1, 0.15) is 94.3 Å². The second-order valence-corrected chi connectivity index (χ2v) is 13.9. The fourth-order valence-electron chi connectivity index (χ4n) is 6.96. The third kappa shape index (κ3) is 7.46. The number of carboxylic acid groups (broad SMARTS) is 1. The van der Waals surface area contributed by atoms with E-state index < -0.39 is 17.4 Å². The molecular weight excluding hydrogens is 559 g/mol. The number of allylic oxidation sites excluding steroid dienone is 4. The number of hydrogen-bond acceptors (Lipinski definition) is 6. The van der Waals surface area contributed by atoms with Gasteiger partial charge in [0, 0.05) is 41.2 Å². The van der Waals surface area contributed by atoms with Gasteiger partial charge in [-0.25, -0.2) is 4.39 Å². The number of alkyl halides is 1. The fraction of sp³-hybridized carbons (Fsp3) is 0.656. The standard InChI is InChI=1S/C32H44FN2O4S2/c1-34-26(21-11-5-2-6-12-21)20-35(22-13-7-3-8-14-22)27-19-28(39-23-15-9-4-10-16-23)24(17-30(27)41-38)29-18-25(33)31(40-29)32(36)37/h3,7,13,17,19,21,23,25-26,29,31,38H,2,4-6,8-12,14-16,18,20H2,1H3,(H,36,37)/q-1/t25?,26-,29?,31?/m0/s1. The molecule has 0 radical (unpaired) electrons. The summed E-state index contributed by atoms with van der Waals surface area (Å²) in [4.78, 5) is 14.7. The van der Waals surface area contributed by atoms with Crippen LogP contribution in [0.15, 0.2) is 41.0 Å². The van der Waals surface area contributed by atoms with Crippen LogP contribution in [0.25, 0.3) is 5.32 Å². The van der Waals surface area contributed by atoms with Gasteiger partial charge in [0.2, 0.25) is 0 Å². The largest absolute Gasteiger partial charge is 0.661 e. The number of benzene rings is 1. The SMILES string of the molecule is C[N-][C@@H](CN(C1=CC=CCC1)c1cc(OC2CCCCC2)c(C2CC(F)C(C(=O)O)S2)cc1SO)C1CCCCC1. The molecule has 0 aromatic heterocycles. The first-order valence-electron chi connectivity index (χ1n) is 15.4. The average Bonchev–Trinajstić information content (AvgIpc) is 3.40. The Balaban J connectivity index is 1.54. The van der Waals surface area contributed by atoms with Gasteiger partial charge in [-0.3, -0.25) is 4.79 Å². The summed E-state index contributed by atoms with van der Waals surface area (Å²) < 4.78 is 32.1. The van der Waals surface area contributed by atoms with E-state index in [9.17, 15) is 18.8 Å². The summed E-state index contributed by atoms with van der Waals surface area (Å²) in [5.74, 6) is 0.122. The number of ether oxygens (including phenoxy) is 1. The third-order valence-corrected chi connectivity index (χ3v) is 11.3. The van der Waals surface area contributed by atoms with Crippen LogP contribution in [0.4, 0.5) is 10.1 Å². The molecule has 2 N–H and O–H groups in total. The maximum absolute atomic E-state index is 14.8. The van der Waals surface area contributed by atoms with Gasteiger partial charge in [-0.2, -0.15) is 7.05 Å². The number of rotatable bonds is 11. The van der Waals surface area contributed by atoms with Crippen LogP contribution in [0.3, 0.4) is 0 Å². The molecule has 3 aliphatic carbocycles. The number of carboxylic acids is 1. The van der Waals surface area contributed by atoms with Gasteiger partial charge in [0.15, 0.2) is 0 Å². The van der Waals surface area contributed by atoms with Crippen molar-refractivity contribution in [2.75, 3.05) is 18.5 Å². The molecule has 1 saturated heterocycles. The average molecular weight is 604 g/mol. The molecule has 5 rings (SSSR count). The number of anilines is 1. The van der Waals surface area contributed by atoms with Crippen LogP contribution < -0.4 is 9.64 Å². The molecule has 1 aliphatic heterocycles. The molecule has 226 valence electrons. The number of halogens is 1. The molecule has 4 atom stereocenters. The van der Waals surface area contributed by atoms with Crippen molar-refractivity contribution in [1.82, 2.24) is 0 Å². The van der Waals surface area contributed by atoms with Crippen LogP contribution in [-0.4, -0.2) is 52.8 Å². The fourth-order valence-corrected chi connectivity index (χ4v) is 8.78. The van der Waals surface area contributed by atoms with Crippen molar-refractivity contribution in [2.24, 2.45) is 5.92 Å². The Morgan fingerprint density at radius 2 is 1.90 bits per heavy atom. The molecule has 0 spiro atoms. The van der Waals surface area contributed by atoms with Gasteiger partial charge < -0.3 is 24.6 Å². The molecule has 1 heterocycles. The second kappa shape index (κ2) is 14.7. The van der Waals surface area contributed by atoms with E-state index in [0.717, 1.165) is 68.1 Å². The van der Waals surface area contributed by atoms with Crippen LogP contribution in [0.5, 0.6) is 5.75 Å². The summed E-state index contributed by atoms with van der Waals surface area (Å²) in [6.45, 7) is 0.725. The van der Waals surface area contributed by atoms with Gasteiger partial charge in [-0.05, 0) is 57.1 Å². The Bertz CT molecular complexity index is 1100. The van der Waals surface area contributed by atoms with Gasteiger partial charge in [0.05, 0.1) is 16.7 Å². The predicted molar refractivity (Wildman–Crippen MR) is 167 cm³/mol. The molecule has 1 aromatic carbocycles. The van der Waals surface area contributed by atoms with E-state index in [1.54, 1.807) is 0 Å². The Morgan fingerprint density at radius 1 is 1.17 bits per heavy atom. The summed E-state index contributed by atoms with van der Waals surface area (Å²) in [5, 5.41) is 13.0. The van der Waals surface area contributed by atoms with E-state index in [0.29, 0.717) is 28.6 Å². The van der Waals surface area contributed by atoms with Crippen LogP contribution in [0.2, 0.25) is 0 Å². The lowest BCUT2D eigenvalue weighted by Crippen LogP contribution is -2.37. The molecule has 0 amide bonds. The highest BCUT2D eigenvalue weighted by atomic mass is 32.2. The highest BCUT2D eigenvalue weighted by Crippen LogP contribution is 2.52. The van der Waals surface area contributed by atoms with E-state index in [1.165, 1.54) is 44.2 Å². The summed E-state index contributed by atoms with van der Waals surface area (Å²) in [6, 6.07) is 4.14. The van der Waals surface area contributed by atoms with E-state index in [4.69, 9.17) is 10.1 Å². The number of likely N-dealkylation sites (N-methyl/N-ethyl adjacent to an activating group) is 1. The molecule has 9 heteroatoms. The molecule has 6 nitrogen and oxygen atoms in total. The van der Waals surface area contributed by atoms with Gasteiger partial charge in [0.25, 0.3) is 0 Å². The number of hydrogen-bond donors (Lipinski definition) is 2. The molecule has 41 heavy (non-hydrogen) atoms. The first-order valence-corrected chi connectivity index (χ1v) is 17.1. The normalized spacial score (nSPS) is 26.5. The van der Waals surface area contributed by atoms with Crippen molar-refractivity contribution in [3.8, 4) is 5.75 Å². The topological polar surface area (TPSA) is 84.1 Å². The lowest BCUT2D eigenvalue weighted by atomic mass is 9.83. The van der Waals surface area contributed by atoms with E-state index in [2.05, 4.69) is 23.1 Å². The highest BCUT2D eigenvalue weighted by Gasteiger charge is 2.42. The van der Waals surface area contributed by atoms with E-state index >= 15 is 0 Å². The summed E-state index contributed by atoms with van der Waals surface area (Å²) in [6.07, 6.45) is 18.7. The van der Waals surface area contributed by atoms with Gasteiger partial charge in [-0.15, -0.1) is 17.8 Å². The Kier molecular flexibility index (Phi) is 11.0. The first kappa shape index (κ1) is 30.8. The Hall–Kier alpha value is -1.68. The summed E-state index contributed by atoms with van der Waals surface area (Å²) >= 11 is 1.86. The molecule has 0 bridgehead atoms. The number of thioether (sulfide) groups is 1. The van der Waals surface area contributed by atoms with Crippen LogP contribution in [-0.2, 0) is 4.79 Å².